The van der Waals surface area contributed by atoms with E-state index < -0.39 is 6.04 Å². The largest absolute Gasteiger partial charge is 0.496 e. The van der Waals surface area contributed by atoms with E-state index >= 15 is 0 Å². The zero-order valence-corrected chi connectivity index (χ0v) is 16.0. The summed E-state index contributed by atoms with van der Waals surface area (Å²) in [5.74, 6) is 0.246. The number of para-hydroxylation sites is 1. The number of hydrogen-bond donors (Lipinski definition) is 2. The van der Waals surface area contributed by atoms with Gasteiger partial charge in [-0.3, -0.25) is 0 Å². The summed E-state index contributed by atoms with van der Waals surface area (Å²) in [6, 6.07) is 6.44. The molecule has 1 atom stereocenters. The molecule has 2 aliphatic rings. The molecular formula is C21H28N2O4. The van der Waals surface area contributed by atoms with Gasteiger partial charge in [0.25, 0.3) is 0 Å². The van der Waals surface area contributed by atoms with Gasteiger partial charge >= 0.3 is 12.0 Å². The molecule has 27 heavy (non-hydrogen) atoms. The van der Waals surface area contributed by atoms with Gasteiger partial charge in [0.15, 0.2) is 0 Å². The summed E-state index contributed by atoms with van der Waals surface area (Å²) in [6.45, 7) is 1.73. The van der Waals surface area contributed by atoms with E-state index in [0.29, 0.717) is 17.0 Å². The van der Waals surface area contributed by atoms with Crippen molar-refractivity contribution in [2.24, 2.45) is 0 Å². The molecule has 1 aliphatic carbocycles. The third kappa shape index (κ3) is 4.62. The molecule has 1 aromatic rings. The SMILES string of the molecule is COc1ccccc1[C@H]1NC(=O)NC(C)=C1C(=O)OC1CCCCCCC1. The van der Waals surface area contributed by atoms with Gasteiger partial charge in [0.2, 0.25) is 0 Å². The molecule has 1 fully saturated rings. The van der Waals surface area contributed by atoms with Gasteiger partial charge in [0.05, 0.1) is 18.7 Å². The van der Waals surface area contributed by atoms with Crippen LogP contribution in [0, 0.1) is 0 Å². The van der Waals surface area contributed by atoms with Crippen LogP contribution in [0.2, 0.25) is 0 Å². The van der Waals surface area contributed by atoms with Crippen LogP contribution in [0.3, 0.4) is 0 Å². The number of allylic oxidation sites excluding steroid dienone is 1. The van der Waals surface area contributed by atoms with Gasteiger partial charge in [0, 0.05) is 11.3 Å². The van der Waals surface area contributed by atoms with Crippen molar-refractivity contribution in [1.82, 2.24) is 10.6 Å². The molecule has 6 nitrogen and oxygen atoms in total. The van der Waals surface area contributed by atoms with E-state index in [2.05, 4.69) is 10.6 Å². The topological polar surface area (TPSA) is 76.7 Å². The second kappa shape index (κ2) is 8.93. The molecule has 1 saturated carbocycles. The molecule has 0 bridgehead atoms. The molecule has 2 amide bonds. The van der Waals surface area contributed by atoms with Crippen LogP contribution < -0.4 is 15.4 Å². The first kappa shape index (κ1) is 19.3. The first-order chi connectivity index (χ1) is 13.1. The number of amides is 2. The number of rotatable bonds is 4. The molecule has 0 saturated heterocycles. The van der Waals surface area contributed by atoms with E-state index in [9.17, 15) is 9.59 Å². The summed E-state index contributed by atoms with van der Waals surface area (Å²) >= 11 is 0. The molecular weight excluding hydrogens is 344 g/mol. The highest BCUT2D eigenvalue weighted by atomic mass is 16.5. The van der Waals surface area contributed by atoms with Crippen LogP contribution in [-0.2, 0) is 9.53 Å². The number of nitrogens with one attached hydrogen (secondary N) is 2. The maximum absolute atomic E-state index is 13.1. The smallest absolute Gasteiger partial charge is 0.338 e. The lowest BCUT2D eigenvalue weighted by atomic mass is 9.94. The third-order valence-electron chi connectivity index (χ3n) is 5.26. The van der Waals surface area contributed by atoms with E-state index in [4.69, 9.17) is 9.47 Å². The Morgan fingerprint density at radius 1 is 1.07 bits per heavy atom. The first-order valence-electron chi connectivity index (χ1n) is 9.72. The van der Waals surface area contributed by atoms with E-state index in [0.717, 1.165) is 31.2 Å². The van der Waals surface area contributed by atoms with Crippen molar-refractivity contribution in [3.63, 3.8) is 0 Å². The van der Waals surface area contributed by atoms with Crippen LogP contribution in [0.4, 0.5) is 4.79 Å². The highest BCUT2D eigenvalue weighted by Gasteiger charge is 2.34. The lowest BCUT2D eigenvalue weighted by molar-refractivity contribution is -0.145. The van der Waals surface area contributed by atoms with Crippen molar-refractivity contribution in [3.8, 4) is 5.75 Å². The fraction of sp³-hybridized carbons (Fsp3) is 0.524. The minimum atomic E-state index is -0.601. The molecule has 0 unspecified atom stereocenters. The molecule has 1 heterocycles. The van der Waals surface area contributed by atoms with Gasteiger partial charge in [-0.05, 0) is 38.7 Å². The number of esters is 1. The van der Waals surface area contributed by atoms with Crippen molar-refractivity contribution in [3.05, 3.63) is 41.1 Å². The van der Waals surface area contributed by atoms with Crippen LogP contribution >= 0.6 is 0 Å². The van der Waals surface area contributed by atoms with E-state index in [-0.39, 0.29) is 18.1 Å². The highest BCUT2D eigenvalue weighted by molar-refractivity contribution is 5.95. The Bertz CT molecular complexity index is 721. The van der Waals surface area contributed by atoms with Crippen LogP contribution in [0.15, 0.2) is 35.5 Å². The molecule has 0 aromatic heterocycles. The maximum Gasteiger partial charge on any atom is 0.338 e. The third-order valence-corrected chi connectivity index (χ3v) is 5.26. The summed E-state index contributed by atoms with van der Waals surface area (Å²) in [5, 5.41) is 5.53. The zero-order chi connectivity index (χ0) is 19.2. The summed E-state index contributed by atoms with van der Waals surface area (Å²) in [6.07, 6.45) is 7.55. The van der Waals surface area contributed by atoms with Crippen LogP contribution in [0.1, 0.15) is 63.5 Å². The number of carbonyl (C=O) groups is 2. The Balaban J connectivity index is 1.86. The van der Waals surface area contributed by atoms with Crippen LogP contribution in [0.5, 0.6) is 5.75 Å². The molecule has 0 radical (unpaired) electrons. The van der Waals surface area contributed by atoms with Gasteiger partial charge in [-0.25, -0.2) is 9.59 Å². The lowest BCUT2D eigenvalue weighted by Gasteiger charge is -2.30. The number of carbonyl (C=O) groups excluding carboxylic acids is 2. The molecule has 1 aromatic carbocycles. The maximum atomic E-state index is 13.1. The van der Waals surface area contributed by atoms with Crippen molar-refractivity contribution >= 4 is 12.0 Å². The summed E-state index contributed by atoms with van der Waals surface area (Å²) in [5.41, 5.74) is 1.69. The molecule has 2 N–H and O–H groups in total. The van der Waals surface area contributed by atoms with Crippen molar-refractivity contribution in [2.45, 2.75) is 64.0 Å². The predicted molar refractivity (Wildman–Crippen MR) is 102 cm³/mol. The molecule has 0 spiro atoms. The van der Waals surface area contributed by atoms with Crippen LogP contribution in [0.25, 0.3) is 0 Å². The van der Waals surface area contributed by atoms with Gasteiger partial charge in [0.1, 0.15) is 11.9 Å². The number of benzene rings is 1. The van der Waals surface area contributed by atoms with Crippen molar-refractivity contribution in [2.75, 3.05) is 7.11 Å². The Morgan fingerprint density at radius 3 is 2.44 bits per heavy atom. The Labute approximate surface area is 160 Å². The second-order valence-corrected chi connectivity index (χ2v) is 7.18. The van der Waals surface area contributed by atoms with Crippen LogP contribution in [-0.4, -0.2) is 25.2 Å². The summed E-state index contributed by atoms with van der Waals surface area (Å²) in [7, 11) is 1.57. The quantitative estimate of drug-likeness (QED) is 0.784. The summed E-state index contributed by atoms with van der Waals surface area (Å²) in [4.78, 5) is 25.1. The van der Waals surface area contributed by atoms with Crippen molar-refractivity contribution in [1.29, 1.82) is 0 Å². The van der Waals surface area contributed by atoms with Gasteiger partial charge in [-0.15, -0.1) is 0 Å². The summed E-state index contributed by atoms with van der Waals surface area (Å²) < 4.78 is 11.3. The van der Waals surface area contributed by atoms with E-state index in [1.54, 1.807) is 14.0 Å². The minimum Gasteiger partial charge on any atom is -0.496 e. The van der Waals surface area contributed by atoms with E-state index in [1.165, 1.54) is 19.3 Å². The standard InChI is InChI=1S/C21H28N2O4/c1-14-18(20(24)27-15-10-6-4-3-5-7-11-15)19(23-21(25)22-14)16-12-8-9-13-17(16)26-2/h8-9,12-13,15,19H,3-7,10-11H2,1-2H3,(H2,22,23,25)/t19-/m1/s1. The molecule has 1 aliphatic heterocycles. The average Bonchev–Trinajstić information content (AvgIpc) is 2.63. The number of hydrogen-bond acceptors (Lipinski definition) is 4. The van der Waals surface area contributed by atoms with Crippen molar-refractivity contribution < 1.29 is 19.1 Å². The number of methoxy groups -OCH3 is 1. The first-order valence-corrected chi connectivity index (χ1v) is 9.72. The van der Waals surface area contributed by atoms with E-state index in [1.807, 2.05) is 24.3 Å². The Hall–Kier alpha value is -2.50. The molecule has 3 rings (SSSR count). The molecule has 146 valence electrons. The Kier molecular flexibility index (Phi) is 6.37. The molecule has 6 heteroatoms. The zero-order valence-electron chi connectivity index (χ0n) is 16.0. The monoisotopic (exact) mass is 372 g/mol. The Morgan fingerprint density at radius 2 is 1.74 bits per heavy atom. The second-order valence-electron chi connectivity index (χ2n) is 7.18. The predicted octanol–water partition coefficient (Wildman–Crippen LogP) is 3.98. The lowest BCUT2D eigenvalue weighted by Crippen LogP contribution is -2.45. The average molecular weight is 372 g/mol. The van der Waals surface area contributed by atoms with Gasteiger partial charge < -0.3 is 20.1 Å². The normalized spacial score (nSPS) is 21.6. The van der Waals surface area contributed by atoms with Gasteiger partial charge in [-0.1, -0.05) is 37.5 Å². The number of urea groups is 1. The minimum absolute atomic E-state index is 0.0611. The fourth-order valence-electron chi connectivity index (χ4n) is 3.85. The highest BCUT2D eigenvalue weighted by Crippen LogP contribution is 2.34. The van der Waals surface area contributed by atoms with Gasteiger partial charge in [-0.2, -0.15) is 0 Å². The fourth-order valence-corrected chi connectivity index (χ4v) is 3.85. The number of ether oxygens (including phenoxy) is 2.